The summed E-state index contributed by atoms with van der Waals surface area (Å²) in [5.74, 6) is -2.32. The van der Waals surface area contributed by atoms with Crippen LogP contribution >= 0.6 is 15.9 Å². The van der Waals surface area contributed by atoms with Crippen molar-refractivity contribution in [2.24, 2.45) is 0 Å². The molecule has 1 atom stereocenters. The fourth-order valence-electron chi connectivity index (χ4n) is 4.75. The number of hydrogen-bond donors (Lipinski definition) is 2. The van der Waals surface area contributed by atoms with E-state index in [1.165, 1.54) is 12.0 Å². The Morgan fingerprint density at radius 2 is 1.94 bits per heavy atom. The van der Waals surface area contributed by atoms with Crippen molar-refractivity contribution in [1.82, 2.24) is 14.8 Å². The highest BCUT2D eigenvalue weighted by Gasteiger charge is 2.46. The number of aromatic amines is 1. The van der Waals surface area contributed by atoms with Crippen molar-refractivity contribution in [1.29, 1.82) is 0 Å². The van der Waals surface area contributed by atoms with Gasteiger partial charge in [-0.2, -0.15) is 0 Å². The molecule has 2 N–H and O–H groups in total. The minimum atomic E-state index is -0.774. The number of nitrogens with zero attached hydrogens (tertiary/aromatic N) is 2. The van der Waals surface area contributed by atoms with Crippen LogP contribution in [0.3, 0.4) is 0 Å². The number of aryl methyl sites for hydroxylation is 1. The number of likely N-dealkylation sites (tertiary alicyclic amines) is 1. The number of nitrogens with one attached hydrogen (secondary N) is 1. The molecule has 1 amide bonds. The number of methoxy groups -OCH3 is 1. The van der Waals surface area contributed by atoms with Gasteiger partial charge in [0.25, 0.3) is 11.7 Å². The molecular formula is C25H28BrN3O6. The van der Waals surface area contributed by atoms with Crippen LogP contribution < -0.4 is 0 Å². The zero-order valence-corrected chi connectivity index (χ0v) is 21.5. The van der Waals surface area contributed by atoms with Crippen LogP contribution in [0, 0.1) is 13.8 Å². The third kappa shape index (κ3) is 4.78. The molecule has 1 aromatic carbocycles. The number of ether oxygens (including phenoxy) is 2. The van der Waals surface area contributed by atoms with Crippen LogP contribution in [0.1, 0.15) is 38.9 Å². The fourth-order valence-corrected chi connectivity index (χ4v) is 5.17. The SMILES string of the molecule is COC(=O)c1[nH]c(C)c(/C(O)=C2\C(=O)C(=O)N(CCN3CCOCC3)[C@@H]2c2cccc(Br)c2)c1C. The van der Waals surface area contributed by atoms with Gasteiger partial charge in [0.2, 0.25) is 0 Å². The summed E-state index contributed by atoms with van der Waals surface area (Å²) >= 11 is 3.47. The minimum absolute atomic E-state index is 0.00306. The molecule has 0 radical (unpaired) electrons. The molecular weight excluding hydrogens is 518 g/mol. The second kappa shape index (κ2) is 10.3. The van der Waals surface area contributed by atoms with E-state index in [9.17, 15) is 19.5 Å². The summed E-state index contributed by atoms with van der Waals surface area (Å²) in [6, 6.07) is 6.56. The molecule has 0 unspecified atom stereocenters. The van der Waals surface area contributed by atoms with Gasteiger partial charge in [-0.25, -0.2) is 4.79 Å². The maximum absolute atomic E-state index is 13.3. The molecule has 4 rings (SSSR count). The monoisotopic (exact) mass is 545 g/mol. The Bertz CT molecular complexity index is 1200. The molecule has 10 heteroatoms. The van der Waals surface area contributed by atoms with Crippen LogP contribution in [0.5, 0.6) is 0 Å². The lowest BCUT2D eigenvalue weighted by Crippen LogP contribution is -2.42. The van der Waals surface area contributed by atoms with Crippen LogP contribution in [0.4, 0.5) is 0 Å². The molecule has 2 fully saturated rings. The molecule has 3 heterocycles. The largest absolute Gasteiger partial charge is 0.507 e. The first-order valence-corrected chi connectivity index (χ1v) is 12.2. The van der Waals surface area contributed by atoms with Gasteiger partial charge >= 0.3 is 5.97 Å². The Morgan fingerprint density at radius 3 is 2.60 bits per heavy atom. The van der Waals surface area contributed by atoms with Crippen molar-refractivity contribution in [3.8, 4) is 0 Å². The van der Waals surface area contributed by atoms with Gasteiger partial charge in [0.1, 0.15) is 11.5 Å². The van der Waals surface area contributed by atoms with Crippen LogP contribution in [0.15, 0.2) is 34.3 Å². The molecule has 2 aliphatic heterocycles. The number of Topliss-reactive ketones (excluding diaryl/α,β-unsaturated/α-hetero) is 1. The van der Waals surface area contributed by atoms with E-state index in [0.717, 1.165) is 17.6 Å². The van der Waals surface area contributed by atoms with E-state index < -0.39 is 23.7 Å². The number of morpholine rings is 1. The number of hydrogen-bond acceptors (Lipinski definition) is 7. The molecule has 35 heavy (non-hydrogen) atoms. The highest BCUT2D eigenvalue weighted by molar-refractivity contribution is 9.10. The molecule has 0 spiro atoms. The number of carbonyl (C=O) groups is 3. The van der Waals surface area contributed by atoms with E-state index in [0.29, 0.717) is 48.7 Å². The lowest BCUT2D eigenvalue weighted by Gasteiger charge is -2.31. The van der Waals surface area contributed by atoms with Crippen LogP contribution in [0.2, 0.25) is 0 Å². The number of halogens is 1. The number of H-pyrrole nitrogens is 1. The van der Waals surface area contributed by atoms with Gasteiger partial charge in [-0.05, 0) is 37.1 Å². The molecule has 2 saturated heterocycles. The average molecular weight is 546 g/mol. The second-order valence-electron chi connectivity index (χ2n) is 8.62. The Balaban J connectivity index is 1.80. The Labute approximate surface area is 211 Å². The predicted octanol–water partition coefficient (Wildman–Crippen LogP) is 2.93. The number of rotatable bonds is 6. The fraction of sp³-hybridized carbons (Fsp3) is 0.400. The first-order valence-electron chi connectivity index (χ1n) is 11.4. The van der Waals surface area contributed by atoms with Crippen molar-refractivity contribution in [2.45, 2.75) is 19.9 Å². The smallest absolute Gasteiger partial charge is 0.354 e. The highest BCUT2D eigenvalue weighted by atomic mass is 79.9. The predicted molar refractivity (Wildman–Crippen MR) is 132 cm³/mol. The number of amides is 1. The van der Waals surface area contributed by atoms with Gasteiger partial charge in [0.05, 0.1) is 31.9 Å². The van der Waals surface area contributed by atoms with Gasteiger partial charge < -0.3 is 24.5 Å². The summed E-state index contributed by atoms with van der Waals surface area (Å²) in [5.41, 5.74) is 2.13. The number of benzene rings is 1. The number of aliphatic hydroxyl groups is 1. The topological polar surface area (TPSA) is 112 Å². The van der Waals surface area contributed by atoms with E-state index in [2.05, 4.69) is 25.8 Å². The van der Waals surface area contributed by atoms with Crippen LogP contribution in [0.25, 0.3) is 5.76 Å². The second-order valence-corrected chi connectivity index (χ2v) is 9.53. The van der Waals surface area contributed by atoms with E-state index in [1.807, 2.05) is 24.3 Å². The van der Waals surface area contributed by atoms with E-state index in [1.54, 1.807) is 13.8 Å². The van der Waals surface area contributed by atoms with E-state index >= 15 is 0 Å². The molecule has 9 nitrogen and oxygen atoms in total. The molecule has 186 valence electrons. The Kier molecular flexibility index (Phi) is 7.44. The Morgan fingerprint density at radius 1 is 1.23 bits per heavy atom. The molecule has 0 saturated carbocycles. The highest BCUT2D eigenvalue weighted by Crippen LogP contribution is 2.41. The summed E-state index contributed by atoms with van der Waals surface area (Å²) in [6.07, 6.45) is 0. The van der Waals surface area contributed by atoms with Gasteiger partial charge in [0, 0.05) is 41.9 Å². The van der Waals surface area contributed by atoms with Crippen molar-refractivity contribution in [3.63, 3.8) is 0 Å². The maximum Gasteiger partial charge on any atom is 0.354 e. The lowest BCUT2D eigenvalue weighted by atomic mass is 9.94. The first kappa shape index (κ1) is 25.2. The van der Waals surface area contributed by atoms with Crippen molar-refractivity contribution in [3.05, 3.63) is 62.4 Å². The summed E-state index contributed by atoms with van der Waals surface area (Å²) in [5, 5.41) is 11.4. The number of ketones is 1. The molecule has 2 aliphatic rings. The quantitative estimate of drug-likeness (QED) is 0.248. The number of aliphatic hydroxyl groups excluding tert-OH is 1. The summed E-state index contributed by atoms with van der Waals surface area (Å²) in [4.78, 5) is 45.3. The average Bonchev–Trinajstić information content (AvgIpc) is 3.29. The number of aromatic nitrogens is 1. The Hall–Kier alpha value is -2.95. The van der Waals surface area contributed by atoms with E-state index in [-0.39, 0.29) is 17.0 Å². The van der Waals surface area contributed by atoms with Crippen molar-refractivity contribution < 1.29 is 29.0 Å². The summed E-state index contributed by atoms with van der Waals surface area (Å²) in [7, 11) is 1.27. The molecule has 1 aromatic heterocycles. The zero-order chi connectivity index (χ0) is 25.3. The molecule has 0 aliphatic carbocycles. The number of esters is 1. The number of carbonyl (C=O) groups excluding carboxylic acids is 3. The summed E-state index contributed by atoms with van der Waals surface area (Å²) in [6.45, 7) is 7.01. The van der Waals surface area contributed by atoms with Crippen molar-refractivity contribution >= 4 is 39.3 Å². The summed E-state index contributed by atoms with van der Waals surface area (Å²) < 4.78 is 11.0. The zero-order valence-electron chi connectivity index (χ0n) is 19.9. The van der Waals surface area contributed by atoms with Gasteiger partial charge in [-0.3, -0.25) is 14.5 Å². The molecule has 2 aromatic rings. The van der Waals surface area contributed by atoms with Crippen LogP contribution in [-0.4, -0.2) is 84.1 Å². The van der Waals surface area contributed by atoms with Crippen molar-refractivity contribution in [2.75, 3.05) is 46.5 Å². The lowest BCUT2D eigenvalue weighted by molar-refractivity contribution is -0.140. The standard InChI is InChI=1S/C25H28BrN3O6/c1-14-18(15(2)27-20(14)25(33)34-3)22(30)19-21(16-5-4-6-17(26)13-16)29(24(32)23(19)31)8-7-28-9-11-35-12-10-28/h4-6,13,21,27,30H,7-12H2,1-3H3/b22-19+/t21-/m1/s1. The maximum atomic E-state index is 13.3. The van der Waals surface area contributed by atoms with Gasteiger partial charge in [-0.15, -0.1) is 0 Å². The van der Waals surface area contributed by atoms with E-state index in [4.69, 9.17) is 9.47 Å². The van der Waals surface area contributed by atoms with Crippen LogP contribution in [-0.2, 0) is 19.1 Å². The normalized spacial score (nSPS) is 20.5. The van der Waals surface area contributed by atoms with Gasteiger partial charge in [-0.1, -0.05) is 28.1 Å². The third-order valence-corrected chi connectivity index (χ3v) is 7.02. The third-order valence-electron chi connectivity index (χ3n) is 6.53. The minimum Gasteiger partial charge on any atom is -0.507 e. The molecule has 0 bridgehead atoms. The first-order chi connectivity index (χ1) is 16.7. The van der Waals surface area contributed by atoms with Gasteiger partial charge in [0.15, 0.2) is 0 Å².